The molecule has 0 spiro atoms. The van der Waals surface area contributed by atoms with Crippen molar-refractivity contribution in [1.82, 2.24) is 9.80 Å². The summed E-state index contributed by atoms with van der Waals surface area (Å²) in [5.41, 5.74) is 1.64. The van der Waals surface area contributed by atoms with Gasteiger partial charge >= 0.3 is 5.97 Å². The van der Waals surface area contributed by atoms with E-state index in [9.17, 15) is 14.7 Å². The average molecular weight is 511 g/mol. The second kappa shape index (κ2) is 12.3. The molecule has 1 saturated heterocycles. The topological polar surface area (TPSA) is 88.5 Å². The van der Waals surface area contributed by atoms with Crippen molar-refractivity contribution in [3.63, 3.8) is 0 Å². The largest absolute Gasteiger partial charge is 0.496 e. The van der Waals surface area contributed by atoms with Crippen LogP contribution in [0.5, 0.6) is 17.2 Å². The number of para-hydroxylation sites is 1. The molecule has 2 aliphatic heterocycles. The molecule has 0 radical (unpaired) electrons. The van der Waals surface area contributed by atoms with Crippen LogP contribution in [0.1, 0.15) is 62.6 Å². The molecule has 0 bridgehead atoms. The molecule has 200 valence electrons. The second-order valence-corrected chi connectivity index (χ2v) is 9.79. The van der Waals surface area contributed by atoms with Gasteiger partial charge in [-0.25, -0.2) is 0 Å². The lowest BCUT2D eigenvalue weighted by molar-refractivity contribution is -0.144. The highest BCUT2D eigenvalue weighted by atomic mass is 16.7. The van der Waals surface area contributed by atoms with Gasteiger partial charge in [-0.3, -0.25) is 14.5 Å². The Labute approximate surface area is 219 Å². The van der Waals surface area contributed by atoms with Gasteiger partial charge in [0.1, 0.15) is 5.75 Å². The number of carboxylic acids is 1. The van der Waals surface area contributed by atoms with Crippen LogP contribution in [0.3, 0.4) is 0 Å². The molecule has 1 N–H and O–H groups in total. The number of methoxy groups -OCH3 is 1. The monoisotopic (exact) mass is 510 g/mol. The third-order valence-corrected chi connectivity index (χ3v) is 7.42. The average Bonchev–Trinajstić information content (AvgIpc) is 3.53. The van der Waals surface area contributed by atoms with Crippen LogP contribution in [-0.4, -0.2) is 66.9 Å². The number of carbonyl (C=O) groups excluding carboxylic acids is 1. The lowest BCUT2D eigenvalue weighted by Crippen LogP contribution is -2.42. The van der Waals surface area contributed by atoms with Crippen molar-refractivity contribution in [1.29, 1.82) is 0 Å². The summed E-state index contributed by atoms with van der Waals surface area (Å²) >= 11 is 0. The van der Waals surface area contributed by atoms with Gasteiger partial charge < -0.3 is 24.2 Å². The van der Waals surface area contributed by atoms with Crippen molar-refractivity contribution >= 4 is 11.9 Å². The van der Waals surface area contributed by atoms with Crippen molar-refractivity contribution in [3.05, 3.63) is 53.6 Å². The maximum absolute atomic E-state index is 13.6. The number of fused-ring (bicyclic) bond motifs is 1. The first-order chi connectivity index (χ1) is 18.0. The molecule has 2 aliphatic rings. The lowest BCUT2D eigenvalue weighted by Gasteiger charge is -2.30. The smallest absolute Gasteiger partial charge is 0.309 e. The van der Waals surface area contributed by atoms with Crippen molar-refractivity contribution < 1.29 is 28.9 Å². The molecule has 4 rings (SSSR count). The zero-order chi connectivity index (χ0) is 26.4. The number of likely N-dealkylation sites (tertiary alicyclic amines) is 1. The van der Waals surface area contributed by atoms with E-state index >= 15 is 0 Å². The molecule has 8 nitrogen and oxygen atoms in total. The van der Waals surface area contributed by atoms with Crippen molar-refractivity contribution in [2.45, 2.75) is 51.5 Å². The number of unbranched alkanes of at least 4 members (excludes halogenated alkanes) is 2. The van der Waals surface area contributed by atoms with Gasteiger partial charge in [0.2, 0.25) is 12.7 Å². The second-order valence-electron chi connectivity index (χ2n) is 9.79. The molecule has 8 heteroatoms. The standard InChI is InChI=1S/C29H38N2O6/c1-4-6-14-30(15-7-5-2)26(32)18-31-17-22(20-12-13-24-25(16-20)37-19-36-24)27(29(33)34)28(31)21-10-8-9-11-23(21)35-3/h8-13,16,22,27-28H,4-7,14-15,17-19H2,1-3H3,(H,33,34)/t22-,27-,28+/m1/s1. The number of benzene rings is 2. The summed E-state index contributed by atoms with van der Waals surface area (Å²) in [6, 6.07) is 12.6. The zero-order valence-electron chi connectivity index (χ0n) is 22.0. The first-order valence-electron chi connectivity index (χ1n) is 13.3. The third-order valence-electron chi connectivity index (χ3n) is 7.42. The molecule has 1 amide bonds. The number of carboxylic acid groups (broad SMARTS) is 1. The Morgan fingerprint density at radius 2 is 1.76 bits per heavy atom. The maximum Gasteiger partial charge on any atom is 0.309 e. The number of nitrogens with zero attached hydrogens (tertiary/aromatic N) is 2. The van der Waals surface area contributed by atoms with E-state index in [0.29, 0.717) is 23.8 Å². The highest BCUT2D eigenvalue weighted by Crippen LogP contribution is 2.49. The summed E-state index contributed by atoms with van der Waals surface area (Å²) in [7, 11) is 1.59. The van der Waals surface area contributed by atoms with Crippen LogP contribution in [0.25, 0.3) is 0 Å². The van der Waals surface area contributed by atoms with Gasteiger partial charge in [0.25, 0.3) is 0 Å². The predicted octanol–water partition coefficient (Wildman–Crippen LogP) is 4.69. The summed E-state index contributed by atoms with van der Waals surface area (Å²) < 4.78 is 16.7. The van der Waals surface area contributed by atoms with Crippen molar-refractivity contribution in [3.8, 4) is 17.2 Å². The first kappa shape index (κ1) is 26.8. The highest BCUT2D eigenvalue weighted by molar-refractivity contribution is 5.79. The molecule has 37 heavy (non-hydrogen) atoms. The lowest BCUT2D eigenvalue weighted by atomic mass is 9.82. The number of rotatable bonds is 12. The molecular weight excluding hydrogens is 472 g/mol. The number of amides is 1. The van der Waals surface area contributed by atoms with Crippen molar-refractivity contribution in [2.75, 3.05) is 40.1 Å². The Balaban J connectivity index is 1.70. The highest BCUT2D eigenvalue weighted by Gasteiger charge is 2.49. The van der Waals surface area contributed by atoms with E-state index in [1.807, 2.05) is 52.3 Å². The molecule has 0 aromatic heterocycles. The molecule has 1 fully saturated rings. The Bertz CT molecular complexity index is 1080. The van der Waals surface area contributed by atoms with E-state index in [1.54, 1.807) is 7.11 Å². The molecule has 0 saturated carbocycles. The summed E-state index contributed by atoms with van der Waals surface area (Å²) in [5.74, 6) is -0.0747. The quantitative estimate of drug-likeness (QED) is 0.443. The number of hydrogen-bond donors (Lipinski definition) is 1. The fourth-order valence-electron chi connectivity index (χ4n) is 5.49. The molecule has 3 atom stereocenters. The van der Waals surface area contributed by atoms with Gasteiger partial charge in [-0.05, 0) is 36.6 Å². The SMILES string of the molecule is CCCCN(CCCC)C(=O)CN1C[C@H](c2ccc3c(c2)OCO3)[C@@H](C(=O)O)[C@@H]1c1ccccc1OC. The summed E-state index contributed by atoms with van der Waals surface area (Å²) in [6.45, 7) is 6.41. The van der Waals surface area contributed by atoms with Gasteiger partial charge in [-0.2, -0.15) is 0 Å². The van der Waals surface area contributed by atoms with Gasteiger partial charge in [-0.1, -0.05) is 51.0 Å². The van der Waals surface area contributed by atoms with Gasteiger partial charge in [0.15, 0.2) is 11.5 Å². The Morgan fingerprint density at radius 3 is 2.43 bits per heavy atom. The fourth-order valence-corrected chi connectivity index (χ4v) is 5.49. The molecular formula is C29H38N2O6. The minimum atomic E-state index is -0.901. The summed E-state index contributed by atoms with van der Waals surface area (Å²) in [4.78, 5) is 30.4. The minimum absolute atomic E-state index is 0.0391. The molecule has 0 aliphatic carbocycles. The third kappa shape index (κ3) is 5.85. The van der Waals surface area contributed by atoms with Crippen LogP contribution in [0.15, 0.2) is 42.5 Å². The number of aliphatic carboxylic acids is 1. The van der Waals surface area contributed by atoms with Gasteiger partial charge in [0.05, 0.1) is 25.6 Å². The normalized spacial score (nSPS) is 20.7. The first-order valence-corrected chi connectivity index (χ1v) is 13.3. The Kier molecular flexibility index (Phi) is 8.92. The maximum atomic E-state index is 13.6. The predicted molar refractivity (Wildman–Crippen MR) is 140 cm³/mol. The Morgan fingerprint density at radius 1 is 1.05 bits per heavy atom. The number of hydrogen-bond acceptors (Lipinski definition) is 6. The zero-order valence-corrected chi connectivity index (χ0v) is 22.0. The van der Waals surface area contributed by atoms with Crippen LogP contribution in [0.4, 0.5) is 0 Å². The molecule has 2 aromatic carbocycles. The Hall–Kier alpha value is -3.26. The van der Waals surface area contributed by atoms with E-state index in [0.717, 1.165) is 49.9 Å². The van der Waals surface area contributed by atoms with E-state index in [1.165, 1.54) is 0 Å². The van der Waals surface area contributed by atoms with E-state index in [4.69, 9.17) is 14.2 Å². The van der Waals surface area contributed by atoms with E-state index in [-0.39, 0.29) is 25.2 Å². The van der Waals surface area contributed by atoms with Crippen LogP contribution in [-0.2, 0) is 9.59 Å². The van der Waals surface area contributed by atoms with E-state index in [2.05, 4.69) is 13.8 Å². The number of ether oxygens (including phenoxy) is 3. The van der Waals surface area contributed by atoms with E-state index < -0.39 is 17.9 Å². The van der Waals surface area contributed by atoms with Crippen molar-refractivity contribution in [2.24, 2.45) is 5.92 Å². The van der Waals surface area contributed by atoms with Gasteiger partial charge in [-0.15, -0.1) is 0 Å². The molecule has 0 unspecified atom stereocenters. The van der Waals surface area contributed by atoms with Gasteiger partial charge in [0, 0.05) is 31.1 Å². The van der Waals surface area contributed by atoms with Crippen LogP contribution in [0, 0.1) is 5.92 Å². The fraction of sp³-hybridized carbons (Fsp3) is 0.517. The number of carbonyl (C=O) groups is 2. The van der Waals surface area contributed by atoms with Crippen LogP contribution < -0.4 is 14.2 Å². The molecule has 2 aromatic rings. The minimum Gasteiger partial charge on any atom is -0.496 e. The summed E-state index contributed by atoms with van der Waals surface area (Å²) in [6.07, 6.45) is 3.92. The summed E-state index contributed by atoms with van der Waals surface area (Å²) in [5, 5.41) is 10.5. The van der Waals surface area contributed by atoms with Crippen LogP contribution in [0.2, 0.25) is 0 Å². The molecule has 2 heterocycles. The van der Waals surface area contributed by atoms with Crippen LogP contribution >= 0.6 is 0 Å².